The van der Waals surface area contributed by atoms with Crippen molar-refractivity contribution in [3.63, 3.8) is 0 Å². The largest absolute Gasteiger partial charge is 0.495 e. The Labute approximate surface area is 150 Å². The van der Waals surface area contributed by atoms with Gasteiger partial charge in [0.1, 0.15) is 5.75 Å². The monoisotopic (exact) mass is 363 g/mol. The Morgan fingerprint density at radius 3 is 2.72 bits per heavy atom. The number of non-ortho nitro benzene ring substituents is 1. The van der Waals surface area contributed by atoms with E-state index in [0.717, 1.165) is 5.56 Å². The van der Waals surface area contributed by atoms with Crippen LogP contribution in [0.2, 0.25) is 5.02 Å². The van der Waals surface area contributed by atoms with Gasteiger partial charge in [0.15, 0.2) is 0 Å². The number of carbonyl (C=O) groups is 1. The van der Waals surface area contributed by atoms with Gasteiger partial charge >= 0.3 is 0 Å². The lowest BCUT2D eigenvalue weighted by molar-refractivity contribution is -0.384. The summed E-state index contributed by atoms with van der Waals surface area (Å²) in [6, 6.07) is 11.3. The van der Waals surface area contributed by atoms with Gasteiger partial charge in [0.25, 0.3) is 5.69 Å². The third-order valence-corrected chi connectivity index (χ3v) is 3.82. The lowest BCUT2D eigenvalue weighted by atomic mass is 10.1. The predicted molar refractivity (Wildman–Crippen MR) is 96.1 cm³/mol. The van der Waals surface area contributed by atoms with E-state index in [9.17, 15) is 14.9 Å². The second kappa shape index (κ2) is 8.46. The summed E-state index contributed by atoms with van der Waals surface area (Å²) in [7, 11) is 1.43. The van der Waals surface area contributed by atoms with Gasteiger partial charge in [0.2, 0.25) is 5.91 Å². The fraction of sp³-hybridized carbons (Fsp3) is 0.235. The molecule has 8 heteroatoms. The zero-order valence-electron chi connectivity index (χ0n) is 13.8. The summed E-state index contributed by atoms with van der Waals surface area (Å²) in [5, 5.41) is 17.2. The van der Waals surface area contributed by atoms with E-state index in [-0.39, 0.29) is 29.9 Å². The molecule has 2 aromatic rings. The van der Waals surface area contributed by atoms with E-state index in [0.29, 0.717) is 10.8 Å². The van der Waals surface area contributed by atoms with Crippen molar-refractivity contribution in [2.75, 3.05) is 19.0 Å². The molecule has 0 aromatic heterocycles. The van der Waals surface area contributed by atoms with E-state index in [1.54, 1.807) is 6.07 Å². The molecule has 0 spiro atoms. The van der Waals surface area contributed by atoms with Gasteiger partial charge in [-0.2, -0.15) is 0 Å². The number of nitro benzene ring substituents is 1. The van der Waals surface area contributed by atoms with E-state index < -0.39 is 4.92 Å². The predicted octanol–water partition coefficient (Wildman–Crippen LogP) is 3.55. The van der Waals surface area contributed by atoms with Gasteiger partial charge in [-0.3, -0.25) is 14.9 Å². The number of halogens is 1. The maximum Gasteiger partial charge on any atom is 0.271 e. The van der Waals surface area contributed by atoms with E-state index in [4.69, 9.17) is 16.3 Å². The molecule has 0 heterocycles. The molecular weight excluding hydrogens is 346 g/mol. The Balaban J connectivity index is 2.00. The molecule has 0 bridgehead atoms. The van der Waals surface area contributed by atoms with Crippen molar-refractivity contribution in [3.8, 4) is 5.75 Å². The highest BCUT2D eigenvalue weighted by Gasteiger charge is 2.14. The van der Waals surface area contributed by atoms with Crippen LogP contribution in [0.3, 0.4) is 0 Å². The minimum absolute atomic E-state index is 0.0273. The molecule has 0 radical (unpaired) electrons. The Bertz CT molecular complexity index is 782. The highest BCUT2D eigenvalue weighted by atomic mass is 35.5. The second-order valence-electron chi connectivity index (χ2n) is 5.35. The third kappa shape index (κ3) is 5.17. The first kappa shape index (κ1) is 18.7. The molecule has 0 saturated carbocycles. The number of ether oxygens (including phenoxy) is 1. The SMILES string of the molecule is COc1ccc([N+](=O)[O-])cc1NC(=O)CN[C@H](C)c1cccc(Cl)c1. The van der Waals surface area contributed by atoms with Gasteiger partial charge in [0, 0.05) is 23.2 Å². The topological polar surface area (TPSA) is 93.5 Å². The van der Waals surface area contributed by atoms with Crippen LogP contribution >= 0.6 is 11.6 Å². The first-order chi connectivity index (χ1) is 11.9. The van der Waals surface area contributed by atoms with Crippen LogP contribution in [-0.2, 0) is 4.79 Å². The Kier molecular flexibility index (Phi) is 6.32. The molecule has 2 aromatic carbocycles. The number of methoxy groups -OCH3 is 1. The summed E-state index contributed by atoms with van der Waals surface area (Å²) in [4.78, 5) is 22.5. The van der Waals surface area contributed by atoms with Crippen LogP contribution < -0.4 is 15.4 Å². The van der Waals surface area contributed by atoms with Crippen LogP contribution in [-0.4, -0.2) is 24.5 Å². The fourth-order valence-electron chi connectivity index (χ4n) is 2.24. The van der Waals surface area contributed by atoms with Gasteiger partial charge in [-0.05, 0) is 30.7 Å². The molecule has 2 rings (SSSR count). The summed E-state index contributed by atoms with van der Waals surface area (Å²) in [6.45, 7) is 1.94. The molecular formula is C17H18ClN3O4. The smallest absolute Gasteiger partial charge is 0.271 e. The Morgan fingerprint density at radius 2 is 2.08 bits per heavy atom. The van der Waals surface area contributed by atoms with Gasteiger partial charge in [-0.1, -0.05) is 23.7 Å². The van der Waals surface area contributed by atoms with Gasteiger partial charge in [-0.15, -0.1) is 0 Å². The number of hydrogen-bond donors (Lipinski definition) is 2. The summed E-state index contributed by atoms with van der Waals surface area (Å²) in [5.74, 6) is 0.00881. The first-order valence-corrected chi connectivity index (χ1v) is 7.89. The van der Waals surface area contributed by atoms with Crippen LogP contribution in [0, 0.1) is 10.1 Å². The molecule has 0 fully saturated rings. The third-order valence-electron chi connectivity index (χ3n) is 3.59. The van der Waals surface area contributed by atoms with Crippen molar-refractivity contribution in [2.24, 2.45) is 0 Å². The number of benzene rings is 2. The molecule has 0 aliphatic rings. The summed E-state index contributed by atoms with van der Waals surface area (Å²) in [5.41, 5.74) is 1.07. The maximum absolute atomic E-state index is 12.1. The highest BCUT2D eigenvalue weighted by Crippen LogP contribution is 2.28. The van der Waals surface area contributed by atoms with Gasteiger partial charge in [-0.25, -0.2) is 0 Å². The highest BCUT2D eigenvalue weighted by molar-refractivity contribution is 6.30. The average molecular weight is 364 g/mol. The van der Waals surface area contributed by atoms with Crippen molar-refractivity contribution in [1.82, 2.24) is 5.32 Å². The van der Waals surface area contributed by atoms with Gasteiger partial charge < -0.3 is 15.4 Å². The lowest BCUT2D eigenvalue weighted by Crippen LogP contribution is -2.30. The second-order valence-corrected chi connectivity index (χ2v) is 5.78. The molecule has 0 aliphatic carbocycles. The number of nitrogens with zero attached hydrogens (tertiary/aromatic N) is 1. The van der Waals surface area contributed by atoms with E-state index in [1.807, 2.05) is 25.1 Å². The molecule has 0 unspecified atom stereocenters. The molecule has 1 amide bonds. The summed E-state index contributed by atoms with van der Waals surface area (Å²) in [6.07, 6.45) is 0. The van der Waals surface area contributed by atoms with Crippen molar-refractivity contribution in [3.05, 3.63) is 63.2 Å². The van der Waals surface area contributed by atoms with Crippen LogP contribution in [0.1, 0.15) is 18.5 Å². The molecule has 0 aliphatic heterocycles. The molecule has 2 N–H and O–H groups in total. The van der Waals surface area contributed by atoms with Crippen LogP contribution in [0.15, 0.2) is 42.5 Å². The molecule has 0 saturated heterocycles. The number of amides is 1. The number of hydrogen-bond acceptors (Lipinski definition) is 5. The van der Waals surface area contributed by atoms with Crippen molar-refractivity contribution in [2.45, 2.75) is 13.0 Å². The van der Waals surface area contributed by atoms with E-state index in [2.05, 4.69) is 10.6 Å². The van der Waals surface area contributed by atoms with Crippen molar-refractivity contribution >= 4 is 28.9 Å². The van der Waals surface area contributed by atoms with E-state index in [1.165, 1.54) is 25.3 Å². The van der Waals surface area contributed by atoms with Crippen molar-refractivity contribution < 1.29 is 14.5 Å². The lowest BCUT2D eigenvalue weighted by Gasteiger charge is -2.15. The molecule has 1 atom stereocenters. The standard InChI is InChI=1S/C17H18ClN3O4/c1-11(12-4-3-5-13(18)8-12)19-10-17(22)20-15-9-14(21(23)24)6-7-16(15)25-2/h3-9,11,19H,10H2,1-2H3,(H,20,22)/t11-/m1/s1. The van der Waals surface area contributed by atoms with Gasteiger partial charge in [0.05, 0.1) is 24.3 Å². The summed E-state index contributed by atoms with van der Waals surface area (Å²) < 4.78 is 5.12. The zero-order chi connectivity index (χ0) is 18.4. The minimum atomic E-state index is -0.533. The zero-order valence-corrected chi connectivity index (χ0v) is 14.5. The Hall–Kier alpha value is -2.64. The Morgan fingerprint density at radius 1 is 1.32 bits per heavy atom. The quantitative estimate of drug-likeness (QED) is 0.579. The molecule has 7 nitrogen and oxygen atoms in total. The van der Waals surface area contributed by atoms with Crippen LogP contribution in [0.25, 0.3) is 0 Å². The maximum atomic E-state index is 12.1. The molecule has 25 heavy (non-hydrogen) atoms. The minimum Gasteiger partial charge on any atom is -0.495 e. The number of anilines is 1. The fourth-order valence-corrected chi connectivity index (χ4v) is 2.44. The number of carbonyl (C=O) groups excluding carboxylic acids is 1. The first-order valence-electron chi connectivity index (χ1n) is 7.52. The normalized spacial score (nSPS) is 11.6. The molecule has 132 valence electrons. The number of nitro groups is 1. The number of rotatable bonds is 7. The number of nitrogens with one attached hydrogen (secondary N) is 2. The van der Waals surface area contributed by atoms with Crippen LogP contribution in [0.4, 0.5) is 11.4 Å². The van der Waals surface area contributed by atoms with Crippen molar-refractivity contribution in [1.29, 1.82) is 0 Å². The van der Waals surface area contributed by atoms with Crippen LogP contribution in [0.5, 0.6) is 5.75 Å². The summed E-state index contributed by atoms with van der Waals surface area (Å²) >= 11 is 5.96. The average Bonchev–Trinajstić information content (AvgIpc) is 2.59. The van der Waals surface area contributed by atoms with E-state index >= 15 is 0 Å².